The minimum absolute atomic E-state index is 0.302. The molecule has 1 unspecified atom stereocenters. The molecule has 0 bridgehead atoms. The van der Waals surface area contributed by atoms with Gasteiger partial charge >= 0.3 is 5.97 Å². The second-order valence-corrected chi connectivity index (χ2v) is 4.59. The number of carbonyl (C=O) groups is 2. The van der Waals surface area contributed by atoms with Crippen LogP contribution in [0.4, 0.5) is 0 Å². The van der Waals surface area contributed by atoms with Gasteiger partial charge in [0.15, 0.2) is 12.4 Å². The number of aliphatic carboxylic acids is 1. The number of benzene rings is 1. The number of rotatable bonds is 6. The highest BCUT2D eigenvalue weighted by Crippen LogP contribution is 2.15. The fourth-order valence-electron chi connectivity index (χ4n) is 1.70. The summed E-state index contributed by atoms with van der Waals surface area (Å²) in [5.41, 5.74) is 0.339. The van der Waals surface area contributed by atoms with Crippen LogP contribution in [0.25, 0.3) is 0 Å². The molecule has 0 saturated carbocycles. The van der Waals surface area contributed by atoms with Crippen LogP contribution in [-0.4, -0.2) is 33.7 Å². The Morgan fingerprint density at radius 3 is 2.86 bits per heavy atom. The second kappa shape index (κ2) is 6.70. The highest BCUT2D eigenvalue weighted by molar-refractivity contribution is 5.94. The van der Waals surface area contributed by atoms with Gasteiger partial charge in [0.2, 0.25) is 5.89 Å². The quantitative estimate of drug-likeness (QED) is 0.827. The third-order valence-corrected chi connectivity index (χ3v) is 2.72. The molecule has 8 nitrogen and oxygen atoms in total. The highest BCUT2D eigenvalue weighted by Gasteiger charge is 2.17. The smallest absolute Gasteiger partial charge is 0.341 e. The molecule has 1 heterocycles. The van der Waals surface area contributed by atoms with Gasteiger partial charge in [0.25, 0.3) is 5.91 Å². The van der Waals surface area contributed by atoms with Gasteiger partial charge in [0.1, 0.15) is 11.8 Å². The van der Waals surface area contributed by atoms with Crippen molar-refractivity contribution in [3.05, 3.63) is 41.5 Å². The molecule has 0 aliphatic heterocycles. The third-order valence-electron chi connectivity index (χ3n) is 2.72. The second-order valence-electron chi connectivity index (χ2n) is 4.59. The van der Waals surface area contributed by atoms with Crippen molar-refractivity contribution in [2.24, 2.45) is 0 Å². The summed E-state index contributed by atoms with van der Waals surface area (Å²) in [7, 11) is 0. The molecule has 116 valence electrons. The summed E-state index contributed by atoms with van der Waals surface area (Å²) in [6, 6.07) is 5.79. The number of nitrogens with one attached hydrogen (secondary N) is 1. The van der Waals surface area contributed by atoms with Crippen LogP contribution in [0.2, 0.25) is 0 Å². The molecule has 2 aromatic rings. The molecular weight excluding hydrogens is 290 g/mol. The zero-order chi connectivity index (χ0) is 16.1. The number of aryl methyl sites for hydroxylation is 1. The van der Waals surface area contributed by atoms with Crippen LogP contribution in [0.5, 0.6) is 5.75 Å². The van der Waals surface area contributed by atoms with E-state index in [9.17, 15) is 9.59 Å². The summed E-state index contributed by atoms with van der Waals surface area (Å²) in [5, 5.41) is 14.9. The third kappa shape index (κ3) is 4.05. The summed E-state index contributed by atoms with van der Waals surface area (Å²) in [4.78, 5) is 26.7. The topological polar surface area (TPSA) is 115 Å². The van der Waals surface area contributed by atoms with E-state index in [1.807, 2.05) is 0 Å². The van der Waals surface area contributed by atoms with Crippen molar-refractivity contribution in [1.82, 2.24) is 15.5 Å². The first-order valence-electron chi connectivity index (χ1n) is 6.51. The number of ether oxygens (including phenoxy) is 1. The van der Waals surface area contributed by atoms with Gasteiger partial charge < -0.3 is 19.7 Å². The van der Waals surface area contributed by atoms with E-state index < -0.39 is 18.6 Å². The zero-order valence-corrected chi connectivity index (χ0v) is 12.1. The van der Waals surface area contributed by atoms with Crippen molar-refractivity contribution in [1.29, 1.82) is 0 Å². The molecule has 0 saturated heterocycles. The van der Waals surface area contributed by atoms with Gasteiger partial charge in [-0.1, -0.05) is 11.2 Å². The van der Waals surface area contributed by atoms with Crippen LogP contribution in [0.15, 0.2) is 28.8 Å². The Bertz CT molecular complexity index is 683. The maximum atomic E-state index is 12.2. The molecule has 0 aliphatic carbocycles. The molecule has 1 aromatic heterocycles. The predicted octanol–water partition coefficient (Wildman–Crippen LogP) is 1.33. The van der Waals surface area contributed by atoms with E-state index in [4.69, 9.17) is 14.4 Å². The van der Waals surface area contributed by atoms with E-state index in [2.05, 4.69) is 15.5 Å². The molecule has 0 aliphatic rings. The Kier molecular flexibility index (Phi) is 4.72. The van der Waals surface area contributed by atoms with Gasteiger partial charge in [0.05, 0.1) is 0 Å². The lowest BCUT2D eigenvalue weighted by atomic mass is 10.2. The standard InChI is InChI=1S/C14H15N3O5/c1-8(14-16-9(2)17-22-14)15-13(20)10-4-3-5-11(6-10)21-7-12(18)19/h3-6,8H,7H2,1-2H3,(H,15,20)(H,18,19). The van der Waals surface area contributed by atoms with Crippen LogP contribution < -0.4 is 10.1 Å². The number of carboxylic acids is 1. The Labute approximate surface area is 126 Å². The highest BCUT2D eigenvalue weighted by atomic mass is 16.5. The van der Waals surface area contributed by atoms with Crippen molar-refractivity contribution < 1.29 is 24.0 Å². The molecule has 0 spiro atoms. The molecule has 1 atom stereocenters. The monoisotopic (exact) mass is 305 g/mol. The van der Waals surface area contributed by atoms with Gasteiger partial charge in [-0.2, -0.15) is 4.98 Å². The van der Waals surface area contributed by atoms with Crippen LogP contribution >= 0.6 is 0 Å². The average Bonchev–Trinajstić information content (AvgIpc) is 2.92. The molecule has 22 heavy (non-hydrogen) atoms. The average molecular weight is 305 g/mol. The number of hydrogen-bond donors (Lipinski definition) is 2. The van der Waals surface area contributed by atoms with Crippen LogP contribution in [0.1, 0.15) is 35.0 Å². The van der Waals surface area contributed by atoms with Crippen LogP contribution in [-0.2, 0) is 4.79 Å². The van der Waals surface area contributed by atoms with Crippen molar-refractivity contribution in [2.75, 3.05) is 6.61 Å². The minimum Gasteiger partial charge on any atom is -0.482 e. The maximum absolute atomic E-state index is 12.2. The van der Waals surface area contributed by atoms with Crippen molar-refractivity contribution in [3.63, 3.8) is 0 Å². The molecule has 8 heteroatoms. The molecule has 2 rings (SSSR count). The van der Waals surface area contributed by atoms with E-state index in [-0.39, 0.29) is 5.91 Å². The Morgan fingerprint density at radius 2 is 2.23 bits per heavy atom. The van der Waals surface area contributed by atoms with Crippen LogP contribution in [0.3, 0.4) is 0 Å². The number of hydrogen-bond acceptors (Lipinski definition) is 6. The van der Waals surface area contributed by atoms with Crippen molar-refractivity contribution >= 4 is 11.9 Å². The number of aromatic nitrogens is 2. The van der Waals surface area contributed by atoms with Gasteiger partial charge in [-0.15, -0.1) is 0 Å². The van der Waals surface area contributed by atoms with E-state index in [0.29, 0.717) is 23.0 Å². The Balaban J connectivity index is 2.02. The fraction of sp³-hybridized carbons (Fsp3) is 0.286. The Hall–Kier alpha value is -2.90. The normalized spacial score (nSPS) is 11.7. The lowest BCUT2D eigenvalue weighted by Crippen LogP contribution is -2.26. The number of nitrogens with zero attached hydrogens (tertiary/aromatic N) is 2. The number of amides is 1. The molecular formula is C14H15N3O5. The van der Waals surface area contributed by atoms with E-state index in [1.54, 1.807) is 32.0 Å². The largest absolute Gasteiger partial charge is 0.482 e. The fourth-order valence-corrected chi connectivity index (χ4v) is 1.70. The minimum atomic E-state index is -1.09. The molecule has 0 fully saturated rings. The van der Waals surface area contributed by atoms with Gasteiger partial charge in [-0.3, -0.25) is 4.79 Å². The predicted molar refractivity (Wildman–Crippen MR) is 74.5 cm³/mol. The summed E-state index contributed by atoms with van der Waals surface area (Å²) >= 11 is 0. The van der Waals surface area contributed by atoms with Crippen LogP contribution in [0, 0.1) is 6.92 Å². The van der Waals surface area contributed by atoms with E-state index >= 15 is 0 Å². The molecule has 1 amide bonds. The molecule has 1 aromatic carbocycles. The first-order chi connectivity index (χ1) is 10.5. The van der Waals surface area contributed by atoms with E-state index in [1.165, 1.54) is 6.07 Å². The number of carboxylic acid groups (broad SMARTS) is 1. The summed E-state index contributed by atoms with van der Waals surface area (Å²) < 4.78 is 10.0. The summed E-state index contributed by atoms with van der Waals surface area (Å²) in [6.45, 7) is 2.93. The molecule has 2 N–H and O–H groups in total. The maximum Gasteiger partial charge on any atom is 0.341 e. The zero-order valence-electron chi connectivity index (χ0n) is 12.1. The SMILES string of the molecule is Cc1noc(C(C)NC(=O)c2cccc(OCC(=O)O)c2)n1. The van der Waals surface area contributed by atoms with Crippen molar-refractivity contribution in [3.8, 4) is 5.75 Å². The first-order valence-corrected chi connectivity index (χ1v) is 6.51. The Morgan fingerprint density at radius 1 is 1.45 bits per heavy atom. The lowest BCUT2D eigenvalue weighted by Gasteiger charge is -2.10. The lowest BCUT2D eigenvalue weighted by molar-refractivity contribution is -0.139. The van der Waals surface area contributed by atoms with Gasteiger partial charge in [-0.25, -0.2) is 4.79 Å². The number of carbonyl (C=O) groups excluding carboxylic acids is 1. The van der Waals surface area contributed by atoms with Gasteiger partial charge in [0, 0.05) is 5.56 Å². The summed E-state index contributed by atoms with van der Waals surface area (Å²) in [6.07, 6.45) is 0. The van der Waals surface area contributed by atoms with E-state index in [0.717, 1.165) is 0 Å². The first kappa shape index (κ1) is 15.5. The van der Waals surface area contributed by atoms with Crippen molar-refractivity contribution in [2.45, 2.75) is 19.9 Å². The molecule has 0 radical (unpaired) electrons. The van der Waals surface area contributed by atoms with Gasteiger partial charge in [-0.05, 0) is 32.0 Å². The summed E-state index contributed by atoms with van der Waals surface area (Å²) in [5.74, 6) is -0.347.